The summed E-state index contributed by atoms with van der Waals surface area (Å²) in [4.78, 5) is 12.7. The van der Waals surface area contributed by atoms with Gasteiger partial charge in [-0.15, -0.1) is 0 Å². The molecule has 2 aromatic heterocycles. The van der Waals surface area contributed by atoms with Gasteiger partial charge in [-0.1, -0.05) is 30.3 Å². The molecule has 0 unspecified atom stereocenters. The Kier molecular flexibility index (Phi) is 3.96. The van der Waals surface area contributed by atoms with Gasteiger partial charge in [-0.25, -0.2) is 0 Å². The van der Waals surface area contributed by atoms with E-state index in [2.05, 4.69) is 39.7 Å². The van der Waals surface area contributed by atoms with Gasteiger partial charge in [0.2, 0.25) is 0 Å². The molecule has 0 saturated heterocycles. The number of benzene rings is 2. The van der Waals surface area contributed by atoms with Gasteiger partial charge in [-0.05, 0) is 32.0 Å². The molecule has 0 aliphatic carbocycles. The molecular weight excluding hydrogens is 328 g/mol. The highest BCUT2D eigenvalue weighted by Crippen LogP contribution is 2.23. The summed E-state index contributed by atoms with van der Waals surface area (Å²) >= 11 is 0. The van der Waals surface area contributed by atoms with E-state index in [4.69, 9.17) is 0 Å². The Balaban J connectivity index is 1.64. The molecule has 1 amide bonds. The number of carbonyl (C=O) groups excluding carboxylic acids is 1. The Hall–Kier alpha value is -3.48. The number of nitrogens with zero attached hydrogens (tertiary/aromatic N) is 4. The summed E-state index contributed by atoms with van der Waals surface area (Å²) in [6, 6.07) is 15.4. The van der Waals surface area contributed by atoms with E-state index in [1.54, 1.807) is 0 Å². The number of anilines is 1. The topological polar surface area (TPSA) is 88.5 Å². The molecule has 130 valence electrons. The van der Waals surface area contributed by atoms with Crippen LogP contribution in [0.1, 0.15) is 30.4 Å². The number of H-pyrrole nitrogens is 1. The molecule has 2 heterocycles. The minimum Gasteiger partial charge on any atom is -0.320 e. The average molecular weight is 346 g/mol. The van der Waals surface area contributed by atoms with Crippen LogP contribution in [0.5, 0.6) is 0 Å². The number of aromatic amines is 1. The second kappa shape index (κ2) is 6.44. The molecule has 4 aromatic rings. The largest absolute Gasteiger partial charge is 0.320 e. The number of aromatic nitrogens is 5. The SMILES string of the molecule is CC(C)n1ncc2ccc(NC(=O)c3n[nH]nc3-c3ccccc3)cc21. The van der Waals surface area contributed by atoms with Crippen molar-refractivity contribution in [2.24, 2.45) is 0 Å². The Morgan fingerprint density at radius 1 is 1.12 bits per heavy atom. The van der Waals surface area contributed by atoms with Crippen LogP contribution in [0.4, 0.5) is 5.69 Å². The van der Waals surface area contributed by atoms with Gasteiger partial charge >= 0.3 is 0 Å². The van der Waals surface area contributed by atoms with Crippen LogP contribution in [0.3, 0.4) is 0 Å². The van der Waals surface area contributed by atoms with Crippen LogP contribution in [0, 0.1) is 0 Å². The van der Waals surface area contributed by atoms with Gasteiger partial charge < -0.3 is 5.32 Å². The van der Waals surface area contributed by atoms with Crippen molar-refractivity contribution in [3.63, 3.8) is 0 Å². The molecule has 0 spiro atoms. The van der Waals surface area contributed by atoms with E-state index in [9.17, 15) is 4.79 Å². The lowest BCUT2D eigenvalue weighted by Gasteiger charge is -2.09. The number of carbonyl (C=O) groups is 1. The third-order valence-corrected chi connectivity index (χ3v) is 4.16. The van der Waals surface area contributed by atoms with Crippen molar-refractivity contribution >= 4 is 22.5 Å². The van der Waals surface area contributed by atoms with Crippen LogP contribution in [-0.4, -0.2) is 31.1 Å². The maximum Gasteiger partial charge on any atom is 0.278 e. The van der Waals surface area contributed by atoms with Crippen molar-refractivity contribution in [1.29, 1.82) is 0 Å². The molecule has 0 fully saturated rings. The van der Waals surface area contributed by atoms with E-state index < -0.39 is 0 Å². The molecule has 2 N–H and O–H groups in total. The maximum atomic E-state index is 12.7. The van der Waals surface area contributed by atoms with Crippen molar-refractivity contribution in [3.05, 3.63) is 60.4 Å². The first-order valence-electron chi connectivity index (χ1n) is 8.38. The molecule has 0 saturated carbocycles. The van der Waals surface area contributed by atoms with E-state index >= 15 is 0 Å². The molecule has 0 aliphatic heterocycles. The van der Waals surface area contributed by atoms with Crippen LogP contribution < -0.4 is 5.32 Å². The molecule has 0 radical (unpaired) electrons. The summed E-state index contributed by atoms with van der Waals surface area (Å²) in [5, 5.41) is 19.0. The molecule has 26 heavy (non-hydrogen) atoms. The molecule has 2 aromatic carbocycles. The van der Waals surface area contributed by atoms with E-state index in [0.29, 0.717) is 11.4 Å². The Morgan fingerprint density at radius 2 is 1.92 bits per heavy atom. The second-order valence-corrected chi connectivity index (χ2v) is 6.30. The minimum absolute atomic E-state index is 0.235. The van der Waals surface area contributed by atoms with Crippen molar-refractivity contribution < 1.29 is 4.79 Å². The summed E-state index contributed by atoms with van der Waals surface area (Å²) in [6.45, 7) is 4.14. The van der Waals surface area contributed by atoms with E-state index in [1.807, 2.05) is 59.4 Å². The highest BCUT2D eigenvalue weighted by molar-refractivity contribution is 6.07. The van der Waals surface area contributed by atoms with E-state index in [0.717, 1.165) is 16.5 Å². The van der Waals surface area contributed by atoms with Crippen LogP contribution >= 0.6 is 0 Å². The van der Waals surface area contributed by atoms with E-state index in [1.165, 1.54) is 0 Å². The molecular formula is C19H18N6O. The normalized spacial score (nSPS) is 11.2. The smallest absolute Gasteiger partial charge is 0.278 e. The third-order valence-electron chi connectivity index (χ3n) is 4.16. The van der Waals surface area contributed by atoms with Crippen molar-refractivity contribution in [3.8, 4) is 11.3 Å². The number of amides is 1. The zero-order valence-electron chi connectivity index (χ0n) is 14.5. The van der Waals surface area contributed by atoms with Crippen molar-refractivity contribution in [2.75, 3.05) is 5.32 Å². The van der Waals surface area contributed by atoms with Crippen LogP contribution in [0.2, 0.25) is 0 Å². The molecule has 4 rings (SSSR count). The van der Waals surface area contributed by atoms with Crippen LogP contribution in [0.15, 0.2) is 54.7 Å². The predicted molar refractivity (Wildman–Crippen MR) is 99.9 cm³/mol. The first-order valence-corrected chi connectivity index (χ1v) is 8.38. The maximum absolute atomic E-state index is 12.7. The summed E-state index contributed by atoms with van der Waals surface area (Å²) in [6.07, 6.45) is 1.83. The monoisotopic (exact) mass is 346 g/mol. The van der Waals surface area contributed by atoms with Gasteiger partial charge in [0, 0.05) is 22.7 Å². The zero-order chi connectivity index (χ0) is 18.1. The summed E-state index contributed by atoms with van der Waals surface area (Å²) in [7, 11) is 0. The number of hydrogen-bond donors (Lipinski definition) is 2. The van der Waals surface area contributed by atoms with Crippen molar-refractivity contribution in [1.82, 2.24) is 25.2 Å². The fourth-order valence-corrected chi connectivity index (χ4v) is 2.90. The lowest BCUT2D eigenvalue weighted by atomic mass is 10.1. The lowest BCUT2D eigenvalue weighted by molar-refractivity contribution is 0.102. The van der Waals surface area contributed by atoms with Crippen molar-refractivity contribution in [2.45, 2.75) is 19.9 Å². The van der Waals surface area contributed by atoms with Gasteiger partial charge in [0.15, 0.2) is 5.69 Å². The van der Waals surface area contributed by atoms with Gasteiger partial charge in [0.1, 0.15) is 5.69 Å². The van der Waals surface area contributed by atoms with Gasteiger partial charge in [0.25, 0.3) is 5.91 Å². The molecule has 0 atom stereocenters. The van der Waals surface area contributed by atoms with Gasteiger partial charge in [-0.2, -0.15) is 20.5 Å². The highest BCUT2D eigenvalue weighted by Gasteiger charge is 2.18. The zero-order valence-corrected chi connectivity index (χ0v) is 14.5. The Labute approximate surface area is 150 Å². The standard InChI is InChI=1S/C19H18N6O/c1-12(2)25-16-10-15(9-8-14(16)11-20-25)21-19(26)18-17(22-24-23-18)13-6-4-3-5-7-13/h3-12H,1-2H3,(H,21,26)(H,22,23,24). The number of hydrogen-bond acceptors (Lipinski definition) is 4. The highest BCUT2D eigenvalue weighted by atomic mass is 16.2. The molecule has 0 aliphatic rings. The number of fused-ring (bicyclic) bond motifs is 1. The number of nitrogens with one attached hydrogen (secondary N) is 2. The first-order chi connectivity index (χ1) is 12.6. The van der Waals surface area contributed by atoms with Crippen LogP contribution in [0.25, 0.3) is 22.2 Å². The summed E-state index contributed by atoms with van der Waals surface area (Å²) in [5.74, 6) is -0.312. The fraction of sp³-hybridized carbons (Fsp3) is 0.158. The average Bonchev–Trinajstić information content (AvgIpc) is 3.29. The third kappa shape index (κ3) is 2.83. The lowest BCUT2D eigenvalue weighted by Crippen LogP contribution is -2.13. The quantitative estimate of drug-likeness (QED) is 0.590. The fourth-order valence-electron chi connectivity index (χ4n) is 2.90. The van der Waals surface area contributed by atoms with Gasteiger partial charge in [-0.3, -0.25) is 9.48 Å². The van der Waals surface area contributed by atoms with Crippen LogP contribution in [-0.2, 0) is 0 Å². The number of rotatable bonds is 4. The van der Waals surface area contributed by atoms with E-state index in [-0.39, 0.29) is 17.6 Å². The summed E-state index contributed by atoms with van der Waals surface area (Å²) < 4.78 is 1.93. The molecule has 0 bridgehead atoms. The second-order valence-electron chi connectivity index (χ2n) is 6.30. The summed E-state index contributed by atoms with van der Waals surface area (Å²) in [5.41, 5.74) is 3.28. The predicted octanol–water partition coefficient (Wildman–Crippen LogP) is 3.65. The van der Waals surface area contributed by atoms with Gasteiger partial charge in [0.05, 0.1) is 11.7 Å². The Bertz CT molecular complexity index is 1060. The molecule has 7 heteroatoms. The minimum atomic E-state index is -0.312. The molecule has 7 nitrogen and oxygen atoms in total. The Morgan fingerprint density at radius 3 is 2.69 bits per heavy atom. The first kappa shape index (κ1) is 16.0.